The first-order valence-corrected chi connectivity index (χ1v) is 9.83. The molecule has 0 saturated carbocycles. The highest BCUT2D eigenvalue weighted by Crippen LogP contribution is 2.24. The summed E-state index contributed by atoms with van der Waals surface area (Å²) >= 11 is 6.04. The van der Waals surface area contributed by atoms with Gasteiger partial charge in [-0.25, -0.2) is 14.5 Å². The third kappa shape index (κ3) is 5.13. The first-order valence-electron chi connectivity index (χ1n) is 9.46. The molecule has 162 valence electrons. The highest BCUT2D eigenvalue weighted by Gasteiger charge is 2.19. The van der Waals surface area contributed by atoms with E-state index < -0.39 is 18.5 Å². The van der Waals surface area contributed by atoms with Gasteiger partial charge in [0.25, 0.3) is 5.91 Å². The molecule has 0 aliphatic heterocycles. The molecule has 10 heteroatoms. The summed E-state index contributed by atoms with van der Waals surface area (Å²) in [4.78, 5) is 28.7. The van der Waals surface area contributed by atoms with Gasteiger partial charge in [-0.2, -0.15) is 5.10 Å². The van der Waals surface area contributed by atoms with E-state index in [-0.39, 0.29) is 12.4 Å². The molecule has 0 bridgehead atoms. The Morgan fingerprint density at radius 1 is 1.12 bits per heavy atom. The van der Waals surface area contributed by atoms with Crippen molar-refractivity contribution in [1.82, 2.24) is 14.8 Å². The summed E-state index contributed by atoms with van der Waals surface area (Å²) in [7, 11) is 0. The van der Waals surface area contributed by atoms with Gasteiger partial charge in [-0.05, 0) is 36.4 Å². The molecule has 0 unspecified atom stereocenters. The predicted molar refractivity (Wildman–Crippen MR) is 115 cm³/mol. The molecule has 9 nitrogen and oxygen atoms in total. The lowest BCUT2D eigenvalue weighted by molar-refractivity contribution is -0.119. The van der Waals surface area contributed by atoms with Crippen molar-refractivity contribution in [2.75, 3.05) is 11.9 Å². The largest absolute Gasteiger partial charge is 0.489 e. The average Bonchev–Trinajstić information content (AvgIpc) is 3.49. The second-order valence-electron chi connectivity index (χ2n) is 6.50. The summed E-state index contributed by atoms with van der Waals surface area (Å²) in [6, 6.07) is 15.7. The number of rotatable bonds is 8. The lowest BCUT2D eigenvalue weighted by atomic mass is 10.2. The molecule has 0 spiro atoms. The van der Waals surface area contributed by atoms with Crippen molar-refractivity contribution >= 4 is 29.2 Å². The number of ether oxygens (including phenoxy) is 2. The number of nitrogens with one attached hydrogen (secondary N) is 1. The van der Waals surface area contributed by atoms with E-state index in [0.717, 1.165) is 0 Å². The summed E-state index contributed by atoms with van der Waals surface area (Å²) in [5, 5.41) is 7.12. The van der Waals surface area contributed by atoms with Crippen molar-refractivity contribution in [3.05, 3.63) is 89.9 Å². The maximum atomic E-state index is 12.4. The SMILES string of the molecule is O=C(COC(=O)c1occc1COc1ccccc1)Nc1cc(Cl)ccc1-n1cncn1. The number of esters is 1. The number of nitrogens with zero attached hydrogens (tertiary/aromatic N) is 3. The summed E-state index contributed by atoms with van der Waals surface area (Å²) in [6.45, 7) is -0.414. The molecular formula is C22H17ClN4O5. The zero-order valence-electron chi connectivity index (χ0n) is 16.6. The van der Waals surface area contributed by atoms with E-state index >= 15 is 0 Å². The number of halogens is 1. The molecule has 2 aromatic heterocycles. The fraction of sp³-hybridized carbons (Fsp3) is 0.0909. The fourth-order valence-electron chi connectivity index (χ4n) is 2.83. The van der Waals surface area contributed by atoms with Crippen LogP contribution in [0.1, 0.15) is 16.1 Å². The number of amides is 1. The van der Waals surface area contributed by atoms with Crippen LogP contribution in [0.25, 0.3) is 5.69 Å². The van der Waals surface area contributed by atoms with Crippen molar-refractivity contribution in [2.45, 2.75) is 6.61 Å². The van der Waals surface area contributed by atoms with Gasteiger partial charge in [-0.3, -0.25) is 4.79 Å². The first kappa shape index (κ1) is 21.1. The summed E-state index contributed by atoms with van der Waals surface area (Å²) in [5.41, 5.74) is 1.44. The molecule has 32 heavy (non-hydrogen) atoms. The Balaban J connectivity index is 1.36. The van der Waals surface area contributed by atoms with E-state index in [0.29, 0.717) is 27.7 Å². The van der Waals surface area contributed by atoms with Crippen molar-refractivity contribution < 1.29 is 23.5 Å². The number of anilines is 1. The van der Waals surface area contributed by atoms with Crippen molar-refractivity contribution in [3.63, 3.8) is 0 Å². The molecule has 2 heterocycles. The number of benzene rings is 2. The Bertz CT molecular complexity index is 1210. The molecule has 0 aliphatic carbocycles. The highest BCUT2D eigenvalue weighted by molar-refractivity contribution is 6.31. The second-order valence-corrected chi connectivity index (χ2v) is 6.94. The minimum absolute atomic E-state index is 0.0280. The topological polar surface area (TPSA) is 108 Å². The third-order valence-electron chi connectivity index (χ3n) is 4.30. The summed E-state index contributed by atoms with van der Waals surface area (Å²) in [6.07, 6.45) is 4.20. The van der Waals surface area contributed by atoms with Crippen molar-refractivity contribution in [1.29, 1.82) is 0 Å². The molecule has 2 aromatic carbocycles. The Hall–Kier alpha value is -4.11. The van der Waals surface area contributed by atoms with Gasteiger partial charge in [0.05, 0.1) is 17.6 Å². The highest BCUT2D eigenvalue weighted by atomic mass is 35.5. The minimum atomic E-state index is -0.778. The van der Waals surface area contributed by atoms with Gasteiger partial charge < -0.3 is 19.2 Å². The Labute approximate surface area is 187 Å². The number of hydrogen-bond acceptors (Lipinski definition) is 7. The molecule has 4 rings (SSSR count). The quantitative estimate of drug-likeness (QED) is 0.404. The minimum Gasteiger partial charge on any atom is -0.489 e. The lowest BCUT2D eigenvalue weighted by Crippen LogP contribution is -2.22. The van der Waals surface area contributed by atoms with Crippen molar-refractivity contribution in [3.8, 4) is 11.4 Å². The normalized spacial score (nSPS) is 10.5. The molecule has 4 aromatic rings. The van der Waals surface area contributed by atoms with Crippen LogP contribution in [0.15, 0.2) is 77.9 Å². The van der Waals surface area contributed by atoms with E-state index in [1.807, 2.05) is 18.2 Å². The number of furan rings is 1. The van der Waals surface area contributed by atoms with E-state index in [2.05, 4.69) is 15.4 Å². The third-order valence-corrected chi connectivity index (χ3v) is 4.54. The molecular weight excluding hydrogens is 436 g/mol. The molecule has 0 radical (unpaired) electrons. The average molecular weight is 453 g/mol. The van der Waals surface area contributed by atoms with Gasteiger partial charge in [0.1, 0.15) is 25.0 Å². The van der Waals surface area contributed by atoms with Gasteiger partial charge >= 0.3 is 5.97 Å². The van der Waals surface area contributed by atoms with Crippen LogP contribution in [0, 0.1) is 0 Å². The van der Waals surface area contributed by atoms with E-state index in [1.165, 1.54) is 23.6 Å². The van der Waals surface area contributed by atoms with Gasteiger partial charge in [0.15, 0.2) is 6.61 Å². The standard InChI is InChI=1S/C22H17ClN4O5/c23-16-6-7-19(27-14-24-13-25-27)18(10-16)26-20(28)12-32-22(29)21-15(8-9-30-21)11-31-17-4-2-1-3-5-17/h1-10,13-14H,11-12H2,(H,26,28). The Kier molecular flexibility index (Phi) is 6.47. The smallest absolute Gasteiger partial charge is 0.375 e. The molecule has 0 atom stereocenters. The predicted octanol–water partition coefficient (Wildman–Crippen LogP) is 3.89. The molecule has 1 amide bonds. The Morgan fingerprint density at radius 3 is 2.75 bits per heavy atom. The zero-order valence-corrected chi connectivity index (χ0v) is 17.4. The number of carbonyl (C=O) groups excluding carboxylic acids is 2. The number of carbonyl (C=O) groups is 2. The molecule has 0 aliphatic rings. The summed E-state index contributed by atoms with van der Waals surface area (Å²) in [5.74, 6) is -0.716. The van der Waals surface area contributed by atoms with Crippen molar-refractivity contribution in [2.24, 2.45) is 0 Å². The first-order chi connectivity index (χ1) is 15.6. The fourth-order valence-corrected chi connectivity index (χ4v) is 3.00. The van der Waals surface area contributed by atoms with Gasteiger partial charge in [-0.15, -0.1) is 0 Å². The van der Waals surface area contributed by atoms with Crippen LogP contribution in [0.5, 0.6) is 5.75 Å². The molecule has 0 fully saturated rings. The summed E-state index contributed by atoms with van der Waals surface area (Å²) < 4.78 is 17.4. The lowest BCUT2D eigenvalue weighted by Gasteiger charge is -2.11. The van der Waals surface area contributed by atoms with Gasteiger partial charge in [0, 0.05) is 10.6 Å². The van der Waals surface area contributed by atoms with Crippen LogP contribution in [-0.4, -0.2) is 33.2 Å². The number of hydrogen-bond donors (Lipinski definition) is 1. The van der Waals surface area contributed by atoms with Crippen LogP contribution >= 0.6 is 11.6 Å². The Morgan fingerprint density at radius 2 is 1.97 bits per heavy atom. The monoisotopic (exact) mass is 452 g/mol. The molecule has 1 N–H and O–H groups in total. The van der Waals surface area contributed by atoms with Crippen LogP contribution < -0.4 is 10.1 Å². The second kappa shape index (κ2) is 9.80. The maximum Gasteiger partial charge on any atom is 0.375 e. The molecule has 0 saturated heterocycles. The van der Waals surface area contributed by atoms with Gasteiger partial charge in [-0.1, -0.05) is 29.8 Å². The van der Waals surface area contributed by atoms with E-state index in [1.54, 1.807) is 36.4 Å². The van der Waals surface area contributed by atoms with E-state index in [9.17, 15) is 9.59 Å². The van der Waals surface area contributed by atoms with Crippen LogP contribution in [0.2, 0.25) is 5.02 Å². The number of aromatic nitrogens is 3. The van der Waals surface area contributed by atoms with Crippen LogP contribution in [-0.2, 0) is 16.1 Å². The van der Waals surface area contributed by atoms with Crippen LogP contribution in [0.3, 0.4) is 0 Å². The van der Waals surface area contributed by atoms with Gasteiger partial charge in [0.2, 0.25) is 5.76 Å². The maximum absolute atomic E-state index is 12.4. The zero-order chi connectivity index (χ0) is 22.3. The van der Waals surface area contributed by atoms with Crippen LogP contribution in [0.4, 0.5) is 5.69 Å². The van der Waals surface area contributed by atoms with E-state index in [4.69, 9.17) is 25.5 Å². The number of para-hydroxylation sites is 1.